The summed E-state index contributed by atoms with van der Waals surface area (Å²) < 4.78 is 4.59. The zero-order valence-corrected chi connectivity index (χ0v) is 11.2. The monoisotopic (exact) mass is 230 g/mol. The number of carbonyl (C=O) groups is 1. The van der Waals surface area contributed by atoms with E-state index >= 15 is 0 Å². The molecule has 1 saturated heterocycles. The van der Waals surface area contributed by atoms with E-state index in [9.17, 15) is 4.79 Å². The number of hydrogen-bond acceptors (Lipinski definition) is 4. The lowest BCUT2D eigenvalue weighted by Crippen LogP contribution is -2.44. The van der Waals surface area contributed by atoms with Gasteiger partial charge in [-0.25, -0.2) is 0 Å². The van der Waals surface area contributed by atoms with Crippen LogP contribution in [0.1, 0.15) is 26.7 Å². The molecule has 0 spiro atoms. The zero-order valence-electron chi connectivity index (χ0n) is 11.2. The molecule has 1 aliphatic heterocycles. The highest BCUT2D eigenvalue weighted by Crippen LogP contribution is 2.01. The number of piperazine rings is 1. The van der Waals surface area contributed by atoms with E-state index in [1.165, 1.54) is 7.11 Å². The molecule has 16 heavy (non-hydrogen) atoms. The van der Waals surface area contributed by atoms with Gasteiger partial charge in [0.2, 0.25) is 0 Å². The zero-order chi connectivity index (χ0) is 12.4. The molecule has 0 aromatic heterocycles. The van der Waals surface area contributed by atoms with Gasteiger partial charge in [0.05, 0.1) is 7.11 Å². The molecule has 0 unspecified atom stereocenters. The summed E-state index contributed by atoms with van der Waals surface area (Å²) in [6, 6.07) is 0. The van der Waals surface area contributed by atoms with Crippen LogP contribution in [0.3, 0.4) is 0 Å². The molecule has 0 aliphatic carbocycles. The van der Waals surface area contributed by atoms with Gasteiger partial charge in [-0.3, -0.25) is 4.79 Å². The Kier molecular flexibility index (Phi) is 9.24. The topological polar surface area (TPSA) is 32.8 Å². The van der Waals surface area contributed by atoms with Gasteiger partial charge in [-0.2, -0.15) is 0 Å². The number of nitrogens with zero attached hydrogens (tertiary/aromatic N) is 2. The molecule has 0 radical (unpaired) electrons. The Bertz CT molecular complexity index is 178. The van der Waals surface area contributed by atoms with Gasteiger partial charge in [0.25, 0.3) is 0 Å². The highest BCUT2D eigenvalue weighted by atomic mass is 16.5. The van der Waals surface area contributed by atoms with Crippen molar-refractivity contribution < 1.29 is 9.53 Å². The molecule has 0 bridgehead atoms. The number of esters is 1. The highest BCUT2D eigenvalue weighted by Gasteiger charge is 2.13. The van der Waals surface area contributed by atoms with Crippen molar-refractivity contribution in [3.8, 4) is 0 Å². The normalized spacial score (nSPS) is 17.5. The molecule has 0 amide bonds. The smallest absolute Gasteiger partial charge is 0.305 e. The summed E-state index contributed by atoms with van der Waals surface area (Å²) in [7, 11) is 3.59. The molecule has 4 nitrogen and oxygen atoms in total. The first kappa shape index (κ1) is 15.4. The molecule has 1 heterocycles. The maximum absolute atomic E-state index is 10.9. The molecule has 0 atom stereocenters. The number of ether oxygens (including phenoxy) is 1. The maximum atomic E-state index is 10.9. The Hall–Kier alpha value is -0.610. The van der Waals surface area contributed by atoms with Gasteiger partial charge in [-0.1, -0.05) is 13.8 Å². The van der Waals surface area contributed by atoms with E-state index in [4.69, 9.17) is 0 Å². The second-order valence-electron chi connectivity index (χ2n) is 3.82. The Labute approximate surface area is 99.5 Å². The fourth-order valence-electron chi connectivity index (χ4n) is 1.62. The lowest BCUT2D eigenvalue weighted by Gasteiger charge is -2.32. The van der Waals surface area contributed by atoms with Gasteiger partial charge >= 0.3 is 5.97 Å². The summed E-state index contributed by atoms with van der Waals surface area (Å²) in [5, 5.41) is 0. The second-order valence-corrected chi connectivity index (χ2v) is 3.82. The van der Waals surface area contributed by atoms with Gasteiger partial charge in [0, 0.05) is 32.6 Å². The van der Waals surface area contributed by atoms with E-state index in [1.807, 2.05) is 13.8 Å². The Morgan fingerprint density at radius 3 is 2.25 bits per heavy atom. The van der Waals surface area contributed by atoms with Crippen LogP contribution in [0.5, 0.6) is 0 Å². The Morgan fingerprint density at radius 1 is 1.19 bits per heavy atom. The van der Waals surface area contributed by atoms with Crippen LogP contribution < -0.4 is 0 Å². The molecule has 0 aromatic rings. The van der Waals surface area contributed by atoms with Crippen LogP contribution in [-0.2, 0) is 9.53 Å². The minimum absolute atomic E-state index is 0.0980. The van der Waals surface area contributed by atoms with Gasteiger partial charge in [0.15, 0.2) is 0 Å². The van der Waals surface area contributed by atoms with Crippen molar-refractivity contribution in [2.75, 3.05) is 46.9 Å². The molecular formula is C12H26N2O2. The largest absolute Gasteiger partial charge is 0.469 e. The third-order valence-corrected chi connectivity index (χ3v) is 2.68. The minimum Gasteiger partial charge on any atom is -0.469 e. The van der Waals surface area contributed by atoms with Crippen LogP contribution in [0.25, 0.3) is 0 Å². The molecule has 0 N–H and O–H groups in total. The molecule has 4 heteroatoms. The second kappa shape index (κ2) is 9.60. The van der Waals surface area contributed by atoms with Gasteiger partial charge in [-0.05, 0) is 20.0 Å². The lowest BCUT2D eigenvalue weighted by molar-refractivity contribution is -0.140. The predicted molar refractivity (Wildman–Crippen MR) is 66.5 cm³/mol. The van der Waals surface area contributed by atoms with Gasteiger partial charge < -0.3 is 14.5 Å². The molecule has 1 fully saturated rings. The molecular weight excluding hydrogens is 204 g/mol. The third-order valence-electron chi connectivity index (χ3n) is 2.68. The summed E-state index contributed by atoms with van der Waals surface area (Å²) in [4.78, 5) is 15.6. The summed E-state index contributed by atoms with van der Waals surface area (Å²) in [6.45, 7) is 9.54. The number of hydrogen-bond donors (Lipinski definition) is 0. The number of carbonyl (C=O) groups excluding carboxylic acids is 1. The SMILES string of the molecule is CC.COC(=O)CCCN1CCN(C)CC1. The van der Waals surface area contributed by atoms with Crippen molar-refractivity contribution >= 4 is 5.97 Å². The van der Waals surface area contributed by atoms with E-state index in [2.05, 4.69) is 21.6 Å². The summed E-state index contributed by atoms with van der Waals surface area (Å²) in [5.41, 5.74) is 0. The molecule has 1 rings (SSSR count). The van der Waals surface area contributed by atoms with Crippen molar-refractivity contribution in [1.82, 2.24) is 9.80 Å². The predicted octanol–water partition coefficient (Wildman–Crippen LogP) is 1.21. The first-order chi connectivity index (χ1) is 7.72. The van der Waals surface area contributed by atoms with Crippen LogP contribution in [0.2, 0.25) is 0 Å². The standard InChI is InChI=1S/C10H20N2O2.C2H6/c1-11-6-8-12(9-7-11)5-3-4-10(13)14-2;1-2/h3-9H2,1-2H3;1-2H3. The summed E-state index contributed by atoms with van der Waals surface area (Å²) in [5.74, 6) is -0.0980. The average Bonchev–Trinajstić information content (AvgIpc) is 2.34. The van der Waals surface area contributed by atoms with Crippen molar-refractivity contribution in [3.63, 3.8) is 0 Å². The first-order valence-electron chi connectivity index (χ1n) is 6.20. The minimum atomic E-state index is -0.0980. The molecule has 1 aliphatic rings. The fourth-order valence-corrected chi connectivity index (χ4v) is 1.62. The van der Waals surface area contributed by atoms with Crippen molar-refractivity contribution in [3.05, 3.63) is 0 Å². The first-order valence-corrected chi connectivity index (χ1v) is 6.20. The third kappa shape index (κ3) is 6.80. The number of rotatable bonds is 4. The fraction of sp³-hybridized carbons (Fsp3) is 0.917. The summed E-state index contributed by atoms with van der Waals surface area (Å²) >= 11 is 0. The van der Waals surface area contributed by atoms with E-state index in [-0.39, 0.29) is 5.97 Å². The maximum Gasteiger partial charge on any atom is 0.305 e. The van der Waals surface area contributed by atoms with E-state index < -0.39 is 0 Å². The quantitative estimate of drug-likeness (QED) is 0.680. The van der Waals surface area contributed by atoms with Crippen LogP contribution >= 0.6 is 0 Å². The molecule has 96 valence electrons. The lowest BCUT2D eigenvalue weighted by atomic mass is 10.2. The molecule has 0 saturated carbocycles. The van der Waals surface area contributed by atoms with E-state index in [0.29, 0.717) is 6.42 Å². The van der Waals surface area contributed by atoms with Crippen molar-refractivity contribution in [2.24, 2.45) is 0 Å². The summed E-state index contributed by atoms with van der Waals surface area (Å²) in [6.07, 6.45) is 1.46. The van der Waals surface area contributed by atoms with Crippen molar-refractivity contribution in [1.29, 1.82) is 0 Å². The van der Waals surface area contributed by atoms with E-state index in [0.717, 1.165) is 39.1 Å². The molecule has 0 aromatic carbocycles. The van der Waals surface area contributed by atoms with Crippen LogP contribution in [0, 0.1) is 0 Å². The van der Waals surface area contributed by atoms with Crippen LogP contribution in [0.15, 0.2) is 0 Å². The van der Waals surface area contributed by atoms with E-state index in [1.54, 1.807) is 0 Å². The number of likely N-dealkylation sites (N-methyl/N-ethyl adjacent to an activating group) is 1. The van der Waals surface area contributed by atoms with Gasteiger partial charge in [-0.15, -0.1) is 0 Å². The average molecular weight is 230 g/mol. The van der Waals surface area contributed by atoms with Crippen LogP contribution in [-0.4, -0.2) is 62.7 Å². The highest BCUT2D eigenvalue weighted by molar-refractivity contribution is 5.69. The van der Waals surface area contributed by atoms with Gasteiger partial charge in [0.1, 0.15) is 0 Å². The van der Waals surface area contributed by atoms with Crippen molar-refractivity contribution in [2.45, 2.75) is 26.7 Å². The van der Waals surface area contributed by atoms with Crippen LogP contribution in [0.4, 0.5) is 0 Å². The Balaban J connectivity index is 0.00000106. The number of methoxy groups -OCH3 is 1. The Morgan fingerprint density at radius 2 is 1.75 bits per heavy atom.